The molecule has 118 valence electrons. The first-order valence-electron chi connectivity index (χ1n) is 7.18. The van der Waals surface area contributed by atoms with Gasteiger partial charge in [0.15, 0.2) is 11.6 Å². The molecule has 0 radical (unpaired) electrons. The number of amides is 1. The molecule has 1 aliphatic heterocycles. The zero-order chi connectivity index (χ0) is 16.1. The normalized spacial score (nSPS) is 17.9. The first-order chi connectivity index (χ1) is 10.6. The number of anilines is 1. The Morgan fingerprint density at radius 2 is 2.14 bits per heavy atom. The third kappa shape index (κ3) is 3.52. The van der Waals surface area contributed by atoms with Crippen LogP contribution in [0.4, 0.5) is 14.5 Å². The average molecular weight is 308 g/mol. The molecule has 0 aromatic heterocycles. The average Bonchev–Trinajstić information content (AvgIpc) is 2.52. The van der Waals surface area contributed by atoms with Gasteiger partial charge in [0, 0.05) is 26.2 Å². The highest BCUT2D eigenvalue weighted by molar-refractivity contribution is 5.79. The molecule has 1 aromatic carbocycles. The van der Waals surface area contributed by atoms with E-state index in [1.807, 2.05) is 0 Å². The van der Waals surface area contributed by atoms with Crippen molar-refractivity contribution in [3.8, 4) is 6.07 Å². The van der Waals surface area contributed by atoms with Gasteiger partial charge in [0.1, 0.15) is 5.69 Å². The summed E-state index contributed by atoms with van der Waals surface area (Å²) in [6.45, 7) is 1.45. The monoisotopic (exact) mass is 308 g/mol. The molecular weight excluding hydrogens is 290 g/mol. The van der Waals surface area contributed by atoms with Gasteiger partial charge in [-0.05, 0) is 25.0 Å². The molecule has 3 N–H and O–H groups in total. The minimum atomic E-state index is -0.778. The summed E-state index contributed by atoms with van der Waals surface area (Å²) in [6, 6.07) is 3.74. The first kappa shape index (κ1) is 16.2. The number of rotatable bonds is 4. The summed E-state index contributed by atoms with van der Waals surface area (Å²) in [4.78, 5) is 13.5. The number of carbonyl (C=O) groups is 1. The number of piperidine rings is 1. The van der Waals surface area contributed by atoms with Crippen molar-refractivity contribution in [2.75, 3.05) is 31.1 Å². The number of halogens is 2. The molecule has 2 rings (SSSR count). The summed E-state index contributed by atoms with van der Waals surface area (Å²) < 4.78 is 28.1. The van der Waals surface area contributed by atoms with Crippen LogP contribution in [0.5, 0.6) is 0 Å². The molecular formula is C15H18F2N4O. The third-order valence-electron chi connectivity index (χ3n) is 3.70. The second kappa shape index (κ2) is 7.18. The van der Waals surface area contributed by atoms with E-state index in [4.69, 9.17) is 11.0 Å². The molecule has 1 atom stereocenters. The van der Waals surface area contributed by atoms with Crippen LogP contribution in [0.15, 0.2) is 12.1 Å². The van der Waals surface area contributed by atoms with Gasteiger partial charge in [-0.15, -0.1) is 0 Å². The maximum absolute atomic E-state index is 14.1. The SMILES string of the molecule is N#Cc1cc(F)c(N2CCCC(C(=O)NCCN)C2)c(F)c1. The predicted molar refractivity (Wildman–Crippen MR) is 78.1 cm³/mol. The molecule has 1 amide bonds. The van der Waals surface area contributed by atoms with Crippen molar-refractivity contribution < 1.29 is 13.6 Å². The van der Waals surface area contributed by atoms with E-state index in [1.165, 1.54) is 4.90 Å². The summed E-state index contributed by atoms with van der Waals surface area (Å²) in [5.74, 6) is -2.03. The van der Waals surface area contributed by atoms with Crippen LogP contribution in [0.1, 0.15) is 18.4 Å². The van der Waals surface area contributed by atoms with Crippen LogP contribution in [-0.4, -0.2) is 32.1 Å². The Balaban J connectivity index is 2.16. The lowest BCUT2D eigenvalue weighted by atomic mass is 9.96. The molecule has 0 bridgehead atoms. The van der Waals surface area contributed by atoms with E-state index < -0.39 is 11.6 Å². The van der Waals surface area contributed by atoms with Crippen molar-refractivity contribution in [2.24, 2.45) is 11.7 Å². The number of benzene rings is 1. The molecule has 1 aromatic rings. The van der Waals surface area contributed by atoms with Crippen LogP contribution in [0.3, 0.4) is 0 Å². The third-order valence-corrected chi connectivity index (χ3v) is 3.70. The summed E-state index contributed by atoms with van der Waals surface area (Å²) in [5, 5.41) is 11.4. The van der Waals surface area contributed by atoms with Crippen LogP contribution >= 0.6 is 0 Å². The molecule has 0 spiro atoms. The summed E-state index contributed by atoms with van der Waals surface area (Å²) in [6.07, 6.45) is 1.34. The van der Waals surface area contributed by atoms with E-state index in [0.717, 1.165) is 12.1 Å². The van der Waals surface area contributed by atoms with Crippen molar-refractivity contribution in [1.29, 1.82) is 5.26 Å². The number of nitrogens with one attached hydrogen (secondary N) is 1. The van der Waals surface area contributed by atoms with E-state index >= 15 is 0 Å². The van der Waals surface area contributed by atoms with Gasteiger partial charge >= 0.3 is 0 Å². The van der Waals surface area contributed by atoms with Gasteiger partial charge < -0.3 is 16.0 Å². The standard InChI is InChI=1S/C15H18F2N4O/c16-12-6-10(8-19)7-13(17)14(12)21-5-1-2-11(9-21)15(22)20-4-3-18/h6-7,11H,1-5,9,18H2,(H,20,22). The van der Waals surface area contributed by atoms with Crippen LogP contribution in [0, 0.1) is 28.9 Å². The first-order valence-corrected chi connectivity index (χ1v) is 7.18. The Bertz CT molecular complexity index is 577. The second-order valence-electron chi connectivity index (χ2n) is 5.27. The van der Waals surface area contributed by atoms with Gasteiger partial charge in [0.2, 0.25) is 5.91 Å². The van der Waals surface area contributed by atoms with Gasteiger partial charge in [-0.1, -0.05) is 0 Å². The molecule has 1 aliphatic rings. The van der Waals surface area contributed by atoms with Gasteiger partial charge in [0.25, 0.3) is 0 Å². The Morgan fingerprint density at radius 3 is 2.73 bits per heavy atom. The van der Waals surface area contributed by atoms with Crippen LogP contribution in [0.2, 0.25) is 0 Å². The highest BCUT2D eigenvalue weighted by atomic mass is 19.1. The Morgan fingerprint density at radius 1 is 1.45 bits per heavy atom. The Kier molecular flexibility index (Phi) is 5.28. The van der Waals surface area contributed by atoms with E-state index in [-0.39, 0.29) is 29.6 Å². The van der Waals surface area contributed by atoms with Crippen molar-refractivity contribution in [2.45, 2.75) is 12.8 Å². The Labute approximate surface area is 127 Å². The number of nitrogens with two attached hydrogens (primary N) is 1. The number of nitriles is 1. The molecule has 1 unspecified atom stereocenters. The van der Waals surface area contributed by atoms with Gasteiger partial charge in [-0.2, -0.15) is 5.26 Å². The van der Waals surface area contributed by atoms with E-state index in [2.05, 4.69) is 5.32 Å². The molecule has 0 aliphatic carbocycles. The Hall–Kier alpha value is -2.20. The molecule has 1 heterocycles. The number of nitrogens with zero attached hydrogens (tertiary/aromatic N) is 2. The maximum atomic E-state index is 14.1. The van der Waals surface area contributed by atoms with Crippen molar-refractivity contribution >= 4 is 11.6 Å². The number of hydrogen-bond donors (Lipinski definition) is 2. The molecule has 1 fully saturated rings. The van der Waals surface area contributed by atoms with Crippen molar-refractivity contribution in [1.82, 2.24) is 5.32 Å². The summed E-state index contributed by atoms with van der Waals surface area (Å²) in [7, 11) is 0. The second-order valence-corrected chi connectivity index (χ2v) is 5.27. The molecule has 22 heavy (non-hydrogen) atoms. The van der Waals surface area contributed by atoms with Gasteiger partial charge in [0.05, 0.1) is 17.6 Å². The van der Waals surface area contributed by atoms with Crippen LogP contribution in [-0.2, 0) is 4.79 Å². The highest BCUT2D eigenvalue weighted by Crippen LogP contribution is 2.29. The minimum absolute atomic E-state index is 0.0620. The number of hydrogen-bond acceptors (Lipinski definition) is 4. The van der Waals surface area contributed by atoms with Crippen LogP contribution in [0.25, 0.3) is 0 Å². The fourth-order valence-corrected chi connectivity index (χ4v) is 2.67. The van der Waals surface area contributed by atoms with Crippen LogP contribution < -0.4 is 16.0 Å². The minimum Gasteiger partial charge on any atom is -0.366 e. The summed E-state index contributed by atoms with van der Waals surface area (Å²) in [5.41, 5.74) is 5.11. The molecule has 0 saturated carbocycles. The van der Waals surface area contributed by atoms with Crippen molar-refractivity contribution in [3.63, 3.8) is 0 Å². The van der Waals surface area contributed by atoms with Crippen molar-refractivity contribution in [3.05, 3.63) is 29.3 Å². The molecule has 7 heteroatoms. The summed E-state index contributed by atoms with van der Waals surface area (Å²) >= 11 is 0. The maximum Gasteiger partial charge on any atom is 0.224 e. The quantitative estimate of drug-likeness (QED) is 0.873. The molecule has 1 saturated heterocycles. The lowest BCUT2D eigenvalue weighted by Crippen LogP contribution is -2.44. The number of carbonyl (C=O) groups excluding carboxylic acids is 1. The largest absolute Gasteiger partial charge is 0.366 e. The van der Waals surface area contributed by atoms with Gasteiger partial charge in [-0.25, -0.2) is 8.78 Å². The topological polar surface area (TPSA) is 82.2 Å². The lowest BCUT2D eigenvalue weighted by Gasteiger charge is -2.34. The fraction of sp³-hybridized carbons (Fsp3) is 0.467. The van der Waals surface area contributed by atoms with E-state index in [0.29, 0.717) is 32.5 Å². The fourth-order valence-electron chi connectivity index (χ4n) is 2.67. The lowest BCUT2D eigenvalue weighted by molar-refractivity contribution is -0.125. The van der Waals surface area contributed by atoms with Gasteiger partial charge in [-0.3, -0.25) is 4.79 Å². The van der Waals surface area contributed by atoms with E-state index in [9.17, 15) is 13.6 Å². The zero-order valence-corrected chi connectivity index (χ0v) is 12.1. The molecule has 5 nitrogen and oxygen atoms in total. The highest BCUT2D eigenvalue weighted by Gasteiger charge is 2.28. The predicted octanol–water partition coefficient (Wildman–Crippen LogP) is 1.13. The van der Waals surface area contributed by atoms with E-state index in [1.54, 1.807) is 6.07 Å². The smallest absolute Gasteiger partial charge is 0.224 e. The zero-order valence-electron chi connectivity index (χ0n) is 12.1.